The number of halogens is 1. The fraction of sp³-hybridized carbons (Fsp3) is 0.765. The van der Waals surface area contributed by atoms with Gasteiger partial charge in [0.2, 0.25) is 0 Å². The lowest BCUT2D eigenvalue weighted by molar-refractivity contribution is 0.0787. The predicted molar refractivity (Wildman–Crippen MR) is 95.1 cm³/mol. The molecule has 2 fully saturated rings. The number of urea groups is 1. The van der Waals surface area contributed by atoms with Crippen LogP contribution in [0.4, 0.5) is 9.18 Å². The third-order valence-corrected chi connectivity index (χ3v) is 4.97. The average Bonchev–Trinajstić information content (AvgIpc) is 3.39. The number of aromatic nitrogens is 3. The summed E-state index contributed by atoms with van der Waals surface area (Å²) in [4.78, 5) is 28.0. The van der Waals surface area contributed by atoms with Gasteiger partial charge in [-0.05, 0) is 19.3 Å². The molecule has 2 aliphatic heterocycles. The molecule has 2 aliphatic rings. The number of methoxy groups -OCH3 is 1. The molecule has 1 aromatic rings. The summed E-state index contributed by atoms with van der Waals surface area (Å²) in [5.41, 5.74) is 0.294. The highest BCUT2D eigenvalue weighted by molar-refractivity contribution is 5.92. The van der Waals surface area contributed by atoms with Gasteiger partial charge in [0.25, 0.3) is 5.91 Å². The maximum Gasteiger partial charge on any atom is 0.317 e. The molecule has 0 saturated carbocycles. The molecule has 150 valence electrons. The van der Waals surface area contributed by atoms with Crippen molar-refractivity contribution in [1.29, 1.82) is 0 Å². The molecule has 1 aromatic heterocycles. The molecular weight excluding hydrogens is 355 g/mol. The molecule has 10 heteroatoms. The van der Waals surface area contributed by atoms with E-state index in [1.165, 1.54) is 9.58 Å². The number of amides is 3. The van der Waals surface area contributed by atoms with Crippen molar-refractivity contribution in [2.24, 2.45) is 0 Å². The van der Waals surface area contributed by atoms with E-state index in [1.807, 2.05) is 0 Å². The molecule has 0 unspecified atom stereocenters. The Bertz CT molecular complexity index is 648. The van der Waals surface area contributed by atoms with Gasteiger partial charge in [0.05, 0.1) is 25.3 Å². The molecule has 0 spiro atoms. The molecule has 3 heterocycles. The number of hydrogen-bond donors (Lipinski definition) is 1. The molecule has 2 atom stereocenters. The van der Waals surface area contributed by atoms with Gasteiger partial charge in [0, 0.05) is 39.8 Å². The van der Waals surface area contributed by atoms with Crippen molar-refractivity contribution in [3.05, 3.63) is 11.9 Å². The van der Waals surface area contributed by atoms with Crippen molar-refractivity contribution in [1.82, 2.24) is 30.1 Å². The topological polar surface area (TPSA) is 92.6 Å². The molecule has 0 aliphatic carbocycles. The van der Waals surface area contributed by atoms with E-state index in [1.54, 1.807) is 18.2 Å². The van der Waals surface area contributed by atoms with Crippen LogP contribution in [0.1, 0.15) is 36.2 Å². The zero-order valence-corrected chi connectivity index (χ0v) is 15.6. The zero-order chi connectivity index (χ0) is 19.2. The van der Waals surface area contributed by atoms with Crippen LogP contribution in [0, 0.1) is 0 Å². The summed E-state index contributed by atoms with van der Waals surface area (Å²) in [6.07, 6.45) is 3.49. The van der Waals surface area contributed by atoms with E-state index in [2.05, 4.69) is 15.6 Å². The van der Waals surface area contributed by atoms with Crippen molar-refractivity contribution in [3.8, 4) is 0 Å². The highest BCUT2D eigenvalue weighted by Gasteiger charge is 2.36. The van der Waals surface area contributed by atoms with E-state index in [9.17, 15) is 14.0 Å². The molecule has 0 radical (unpaired) electrons. The number of likely N-dealkylation sites (tertiary alicyclic amines) is 2. The second kappa shape index (κ2) is 9.12. The second-order valence-electron chi connectivity index (χ2n) is 7.04. The lowest BCUT2D eigenvalue weighted by Gasteiger charge is -2.24. The van der Waals surface area contributed by atoms with Crippen molar-refractivity contribution in [2.45, 2.75) is 44.4 Å². The normalized spacial score (nSPS) is 22.4. The minimum atomic E-state index is -1.06. The largest absolute Gasteiger partial charge is 0.385 e. The van der Waals surface area contributed by atoms with Crippen LogP contribution in [-0.4, -0.2) is 88.8 Å². The molecule has 0 bridgehead atoms. The zero-order valence-electron chi connectivity index (χ0n) is 15.6. The summed E-state index contributed by atoms with van der Waals surface area (Å²) in [5.74, 6) is -0.124. The quantitative estimate of drug-likeness (QED) is 0.700. The fourth-order valence-electron chi connectivity index (χ4n) is 3.58. The third-order valence-electron chi connectivity index (χ3n) is 4.97. The Labute approximate surface area is 157 Å². The minimum Gasteiger partial charge on any atom is -0.385 e. The summed E-state index contributed by atoms with van der Waals surface area (Å²) in [5, 5.41) is 10.7. The Balaban J connectivity index is 1.56. The van der Waals surface area contributed by atoms with Crippen molar-refractivity contribution >= 4 is 11.9 Å². The SMILES string of the molecule is COCCCNC(=O)N1C[C@@H](F)C[C@H]1Cn1cc(C(=O)N2CCCC2)nn1. The van der Waals surface area contributed by atoms with Crippen LogP contribution in [0.2, 0.25) is 0 Å². The first kappa shape index (κ1) is 19.5. The number of ether oxygens (including phenoxy) is 1. The Morgan fingerprint density at radius 2 is 2.15 bits per heavy atom. The minimum absolute atomic E-state index is 0.0645. The first-order chi connectivity index (χ1) is 13.1. The average molecular weight is 382 g/mol. The Morgan fingerprint density at radius 1 is 1.37 bits per heavy atom. The van der Waals surface area contributed by atoms with Gasteiger partial charge in [0.1, 0.15) is 6.17 Å². The van der Waals surface area contributed by atoms with Crippen LogP contribution in [0.5, 0.6) is 0 Å². The van der Waals surface area contributed by atoms with E-state index < -0.39 is 6.17 Å². The number of hydrogen-bond acceptors (Lipinski definition) is 5. The predicted octanol–water partition coefficient (Wildman–Crippen LogP) is 0.673. The first-order valence-electron chi connectivity index (χ1n) is 9.45. The van der Waals surface area contributed by atoms with Gasteiger partial charge in [-0.3, -0.25) is 4.79 Å². The lowest BCUT2D eigenvalue weighted by atomic mass is 10.2. The molecule has 27 heavy (non-hydrogen) atoms. The van der Waals surface area contributed by atoms with Gasteiger partial charge in [-0.1, -0.05) is 5.21 Å². The van der Waals surface area contributed by atoms with E-state index in [0.29, 0.717) is 31.8 Å². The van der Waals surface area contributed by atoms with Gasteiger partial charge in [-0.25, -0.2) is 13.9 Å². The Hall–Kier alpha value is -2.23. The molecule has 9 nitrogen and oxygen atoms in total. The number of alkyl halides is 1. The number of carbonyl (C=O) groups excluding carboxylic acids is 2. The van der Waals surface area contributed by atoms with Crippen LogP contribution >= 0.6 is 0 Å². The molecule has 2 saturated heterocycles. The monoisotopic (exact) mass is 382 g/mol. The summed E-state index contributed by atoms with van der Waals surface area (Å²) in [7, 11) is 1.60. The van der Waals surface area contributed by atoms with E-state index in [-0.39, 0.29) is 30.9 Å². The van der Waals surface area contributed by atoms with Crippen LogP contribution < -0.4 is 5.32 Å². The smallest absolute Gasteiger partial charge is 0.317 e. The molecule has 0 aromatic carbocycles. The Kier molecular flexibility index (Phi) is 6.59. The van der Waals surface area contributed by atoms with E-state index in [4.69, 9.17) is 4.74 Å². The van der Waals surface area contributed by atoms with Crippen LogP contribution in [0.25, 0.3) is 0 Å². The van der Waals surface area contributed by atoms with Gasteiger partial charge in [0.15, 0.2) is 5.69 Å². The standard InChI is InChI=1S/C17H27FN6O3/c1-27-8-4-5-19-17(26)24-10-13(18)9-14(24)11-23-12-15(20-21-23)16(25)22-6-2-3-7-22/h12-14H,2-11H2,1H3,(H,19,26)/t13-,14-/m0/s1. The van der Waals surface area contributed by atoms with Crippen molar-refractivity contribution in [2.75, 3.05) is 39.9 Å². The van der Waals surface area contributed by atoms with Crippen LogP contribution in [0.3, 0.4) is 0 Å². The number of nitrogens with one attached hydrogen (secondary N) is 1. The lowest BCUT2D eigenvalue weighted by Crippen LogP contribution is -2.45. The van der Waals surface area contributed by atoms with Gasteiger partial charge in [-0.15, -0.1) is 5.10 Å². The maximum absolute atomic E-state index is 13.9. The van der Waals surface area contributed by atoms with Gasteiger partial charge >= 0.3 is 6.03 Å². The maximum atomic E-state index is 13.9. The number of rotatable bonds is 7. The van der Waals surface area contributed by atoms with Crippen LogP contribution in [0.15, 0.2) is 6.20 Å². The van der Waals surface area contributed by atoms with Gasteiger partial charge in [-0.2, -0.15) is 0 Å². The highest BCUT2D eigenvalue weighted by atomic mass is 19.1. The summed E-state index contributed by atoms with van der Waals surface area (Å²) in [6.45, 7) is 2.90. The summed E-state index contributed by atoms with van der Waals surface area (Å²) >= 11 is 0. The first-order valence-corrected chi connectivity index (χ1v) is 9.45. The summed E-state index contributed by atoms with van der Waals surface area (Å²) in [6, 6.07) is -0.608. The van der Waals surface area contributed by atoms with Crippen molar-refractivity contribution < 1.29 is 18.7 Å². The van der Waals surface area contributed by atoms with E-state index in [0.717, 1.165) is 25.9 Å². The third kappa shape index (κ3) is 4.94. The van der Waals surface area contributed by atoms with Gasteiger partial charge < -0.3 is 19.9 Å². The highest BCUT2D eigenvalue weighted by Crippen LogP contribution is 2.22. The second-order valence-corrected chi connectivity index (χ2v) is 7.04. The van der Waals surface area contributed by atoms with Crippen LogP contribution in [-0.2, 0) is 11.3 Å². The Morgan fingerprint density at radius 3 is 2.89 bits per heavy atom. The summed E-state index contributed by atoms with van der Waals surface area (Å²) < 4.78 is 20.4. The molecule has 3 amide bonds. The number of carbonyl (C=O) groups is 2. The molecular formula is C17H27FN6O3. The van der Waals surface area contributed by atoms with E-state index >= 15 is 0 Å². The van der Waals surface area contributed by atoms with Crippen molar-refractivity contribution in [3.63, 3.8) is 0 Å². The fourth-order valence-corrected chi connectivity index (χ4v) is 3.58. The number of nitrogens with zero attached hydrogens (tertiary/aromatic N) is 5. The molecule has 3 rings (SSSR count). The molecule has 1 N–H and O–H groups in total.